The molecule has 3 rings (SSSR count). The van der Waals surface area contributed by atoms with Crippen LogP contribution in [0.3, 0.4) is 0 Å². The minimum Gasteiger partial charge on any atom is -0.507 e. The van der Waals surface area contributed by atoms with Crippen LogP contribution in [0.5, 0.6) is 17.2 Å². The number of hydrogen-bond donors (Lipinski definition) is 4. The highest BCUT2D eigenvalue weighted by Gasteiger charge is 2.18. The summed E-state index contributed by atoms with van der Waals surface area (Å²) >= 11 is 11.7. The molecule has 26 heavy (non-hydrogen) atoms. The number of halogens is 2. The Morgan fingerprint density at radius 2 is 1.88 bits per heavy atom. The van der Waals surface area contributed by atoms with E-state index in [1.54, 1.807) is 24.3 Å². The number of ether oxygens (including phenoxy) is 1. The highest BCUT2D eigenvalue weighted by molar-refractivity contribution is 6.32. The van der Waals surface area contributed by atoms with Crippen LogP contribution in [-0.4, -0.2) is 26.5 Å². The minimum absolute atomic E-state index is 0.0329. The maximum Gasteiger partial charge on any atom is 0.413 e. The van der Waals surface area contributed by atoms with E-state index in [-0.39, 0.29) is 40.1 Å². The van der Waals surface area contributed by atoms with Crippen molar-refractivity contribution in [3.8, 4) is 28.5 Å². The molecule has 0 bridgehead atoms. The second-order valence-electron chi connectivity index (χ2n) is 5.30. The molecule has 0 unspecified atom stereocenters. The zero-order valence-corrected chi connectivity index (χ0v) is 14.7. The van der Waals surface area contributed by atoms with Crippen molar-refractivity contribution in [1.82, 2.24) is 15.5 Å². The van der Waals surface area contributed by atoms with Crippen molar-refractivity contribution in [3.05, 3.63) is 58.2 Å². The minimum atomic E-state index is -0.702. The van der Waals surface area contributed by atoms with Crippen molar-refractivity contribution in [1.29, 1.82) is 0 Å². The van der Waals surface area contributed by atoms with Crippen LogP contribution < -0.4 is 10.1 Å². The Morgan fingerprint density at radius 3 is 2.62 bits per heavy atom. The molecule has 9 heteroatoms. The number of carbonyl (C=O) groups excluding carboxylic acids is 1. The van der Waals surface area contributed by atoms with Crippen molar-refractivity contribution in [2.75, 3.05) is 0 Å². The summed E-state index contributed by atoms with van der Waals surface area (Å²) in [6.45, 7) is 0.249. The first kappa shape index (κ1) is 17.9. The van der Waals surface area contributed by atoms with Gasteiger partial charge in [-0.05, 0) is 23.8 Å². The fraction of sp³-hybridized carbons (Fsp3) is 0.0588. The van der Waals surface area contributed by atoms with Gasteiger partial charge in [-0.1, -0.05) is 35.3 Å². The molecule has 0 saturated carbocycles. The van der Waals surface area contributed by atoms with Gasteiger partial charge < -0.3 is 20.3 Å². The molecule has 0 aliphatic heterocycles. The summed E-state index contributed by atoms with van der Waals surface area (Å²) in [5, 5.41) is 29.2. The highest BCUT2D eigenvalue weighted by Crippen LogP contribution is 2.39. The monoisotopic (exact) mass is 393 g/mol. The number of aromatic nitrogens is 2. The van der Waals surface area contributed by atoms with Gasteiger partial charge in [-0.15, -0.1) is 0 Å². The second-order valence-corrected chi connectivity index (χ2v) is 6.14. The lowest BCUT2D eigenvalue weighted by atomic mass is 10.1. The molecule has 0 fully saturated rings. The summed E-state index contributed by atoms with van der Waals surface area (Å²) < 4.78 is 5.22. The molecule has 0 radical (unpaired) electrons. The number of phenols is 2. The Bertz CT molecular complexity index is 942. The number of aromatic amines is 1. The molecule has 134 valence electrons. The number of phenolic OH excluding ortho intramolecular Hbond substituents is 2. The second kappa shape index (κ2) is 7.55. The molecular formula is C17H13Cl2N3O4. The van der Waals surface area contributed by atoms with E-state index < -0.39 is 6.09 Å². The Morgan fingerprint density at radius 1 is 1.15 bits per heavy atom. The van der Waals surface area contributed by atoms with Crippen molar-refractivity contribution < 1.29 is 19.7 Å². The van der Waals surface area contributed by atoms with E-state index in [2.05, 4.69) is 15.5 Å². The number of nitrogens with one attached hydrogen (secondary N) is 2. The van der Waals surface area contributed by atoms with Crippen LogP contribution in [0.2, 0.25) is 10.0 Å². The Balaban J connectivity index is 1.72. The molecule has 0 saturated heterocycles. The molecule has 3 aromatic rings. The summed E-state index contributed by atoms with van der Waals surface area (Å²) in [4.78, 5) is 12.0. The smallest absolute Gasteiger partial charge is 0.413 e. The first-order valence-corrected chi connectivity index (χ1v) is 8.15. The zero-order chi connectivity index (χ0) is 18.7. The maximum absolute atomic E-state index is 12.0. The quantitative estimate of drug-likeness (QED) is 0.533. The van der Waals surface area contributed by atoms with Gasteiger partial charge in [0, 0.05) is 23.2 Å². The Kier molecular flexibility index (Phi) is 5.20. The normalized spacial score (nSPS) is 10.5. The lowest BCUT2D eigenvalue weighted by Gasteiger charge is -2.09. The number of amides is 1. The SMILES string of the molecule is O=C(NCc1ccc(Cl)cc1)Oc1cn[nH]c1-c1cc(Cl)c(O)cc1O. The van der Waals surface area contributed by atoms with Crippen LogP contribution in [0.25, 0.3) is 11.3 Å². The number of rotatable bonds is 4. The number of aromatic hydroxyl groups is 2. The van der Waals surface area contributed by atoms with Gasteiger partial charge in [0.05, 0.1) is 11.2 Å². The van der Waals surface area contributed by atoms with E-state index in [1.807, 2.05) is 0 Å². The third-order valence-electron chi connectivity index (χ3n) is 3.49. The number of benzene rings is 2. The summed E-state index contributed by atoms with van der Waals surface area (Å²) in [5.41, 5.74) is 1.32. The summed E-state index contributed by atoms with van der Waals surface area (Å²) in [7, 11) is 0. The van der Waals surface area contributed by atoms with Crippen molar-refractivity contribution in [2.45, 2.75) is 6.54 Å². The summed E-state index contributed by atoms with van der Waals surface area (Å²) in [6.07, 6.45) is 0.587. The lowest BCUT2D eigenvalue weighted by Crippen LogP contribution is -2.26. The maximum atomic E-state index is 12.0. The van der Waals surface area contributed by atoms with Crippen molar-refractivity contribution >= 4 is 29.3 Å². The first-order chi connectivity index (χ1) is 12.4. The number of nitrogens with zero attached hydrogens (tertiary/aromatic N) is 1. The van der Waals surface area contributed by atoms with Crippen molar-refractivity contribution in [2.24, 2.45) is 0 Å². The molecule has 0 aliphatic carbocycles. The largest absolute Gasteiger partial charge is 0.507 e. The molecule has 2 aromatic carbocycles. The highest BCUT2D eigenvalue weighted by atomic mass is 35.5. The van der Waals surface area contributed by atoms with Gasteiger partial charge in [0.25, 0.3) is 0 Å². The van der Waals surface area contributed by atoms with Crippen LogP contribution in [0.4, 0.5) is 4.79 Å². The van der Waals surface area contributed by atoms with Gasteiger partial charge in [0.2, 0.25) is 0 Å². The molecule has 1 amide bonds. The predicted octanol–water partition coefficient (Wildman–Crippen LogP) is 4.08. The topological polar surface area (TPSA) is 107 Å². The molecule has 4 N–H and O–H groups in total. The Labute approximate surface area is 158 Å². The molecule has 0 aliphatic rings. The van der Waals surface area contributed by atoms with Gasteiger partial charge in [0.1, 0.15) is 17.2 Å². The number of H-pyrrole nitrogens is 1. The lowest BCUT2D eigenvalue weighted by molar-refractivity contribution is 0.200. The first-order valence-electron chi connectivity index (χ1n) is 7.39. The molecule has 1 aromatic heterocycles. The van der Waals surface area contributed by atoms with Gasteiger partial charge in [-0.2, -0.15) is 5.10 Å². The fourth-order valence-corrected chi connectivity index (χ4v) is 2.50. The van der Waals surface area contributed by atoms with E-state index >= 15 is 0 Å². The molecule has 1 heterocycles. The average Bonchev–Trinajstić information content (AvgIpc) is 3.05. The van der Waals surface area contributed by atoms with Gasteiger partial charge in [-0.25, -0.2) is 4.79 Å². The van der Waals surface area contributed by atoms with Crippen molar-refractivity contribution in [3.63, 3.8) is 0 Å². The zero-order valence-electron chi connectivity index (χ0n) is 13.2. The summed E-state index contributed by atoms with van der Waals surface area (Å²) in [5.74, 6) is -0.422. The average molecular weight is 394 g/mol. The molecule has 0 spiro atoms. The van der Waals surface area contributed by atoms with Crippen LogP contribution in [0.15, 0.2) is 42.6 Å². The van der Waals surface area contributed by atoms with Gasteiger partial charge in [0.15, 0.2) is 5.75 Å². The molecule has 7 nitrogen and oxygen atoms in total. The van der Waals surface area contributed by atoms with Crippen LogP contribution in [-0.2, 0) is 6.54 Å². The Hall–Kier alpha value is -2.90. The fourth-order valence-electron chi connectivity index (χ4n) is 2.21. The third-order valence-corrected chi connectivity index (χ3v) is 4.05. The predicted molar refractivity (Wildman–Crippen MR) is 96.7 cm³/mol. The van der Waals surface area contributed by atoms with Gasteiger partial charge in [-0.3, -0.25) is 5.10 Å². The molecule has 0 atom stereocenters. The third kappa shape index (κ3) is 4.01. The van der Waals surface area contributed by atoms with Crippen LogP contribution >= 0.6 is 23.2 Å². The van der Waals surface area contributed by atoms with E-state index in [9.17, 15) is 15.0 Å². The standard InChI is InChI=1S/C17H13Cl2N3O4/c18-10-3-1-9(2-4-10)7-20-17(25)26-15-8-21-22-16(15)11-5-12(19)14(24)6-13(11)23/h1-6,8,23-24H,7H2,(H,20,25)(H,21,22). The summed E-state index contributed by atoms with van der Waals surface area (Å²) in [6, 6.07) is 9.41. The van der Waals surface area contributed by atoms with E-state index in [0.29, 0.717) is 5.02 Å². The molecular weight excluding hydrogens is 381 g/mol. The van der Waals surface area contributed by atoms with E-state index in [1.165, 1.54) is 12.3 Å². The van der Waals surface area contributed by atoms with Crippen LogP contribution in [0, 0.1) is 0 Å². The van der Waals surface area contributed by atoms with Gasteiger partial charge >= 0.3 is 6.09 Å². The number of hydrogen-bond acceptors (Lipinski definition) is 5. The van der Waals surface area contributed by atoms with E-state index in [4.69, 9.17) is 27.9 Å². The van der Waals surface area contributed by atoms with E-state index in [0.717, 1.165) is 11.6 Å². The number of carbonyl (C=O) groups is 1. The van der Waals surface area contributed by atoms with Crippen LogP contribution in [0.1, 0.15) is 5.56 Å².